The second kappa shape index (κ2) is 5.72. The molecule has 0 fully saturated rings. The Morgan fingerprint density at radius 2 is 1.57 bits per heavy atom. The van der Waals surface area contributed by atoms with Gasteiger partial charge < -0.3 is 0 Å². The molecule has 0 N–H and O–H groups in total. The molecule has 2 aromatic heterocycles. The third kappa shape index (κ3) is 2.88. The molecule has 0 aliphatic rings. The standard InChI is InChI=1S/C17H11F3N2O/c18-17(19,20)14-5-2-1-4-13(14)15-6-3-7-16(23)22(15)12-8-10-21-11-9-12/h1-11H. The number of pyridine rings is 2. The fourth-order valence-corrected chi connectivity index (χ4v) is 2.41. The van der Waals surface area contributed by atoms with Crippen molar-refractivity contribution in [2.45, 2.75) is 6.18 Å². The van der Waals surface area contributed by atoms with Gasteiger partial charge in [-0.05, 0) is 24.3 Å². The van der Waals surface area contributed by atoms with Crippen molar-refractivity contribution in [2.24, 2.45) is 0 Å². The zero-order chi connectivity index (χ0) is 16.4. The Morgan fingerprint density at radius 1 is 0.870 bits per heavy atom. The van der Waals surface area contributed by atoms with E-state index in [-0.39, 0.29) is 11.3 Å². The predicted molar refractivity (Wildman–Crippen MR) is 80.3 cm³/mol. The number of rotatable bonds is 2. The molecule has 3 rings (SSSR count). The smallest absolute Gasteiger partial charge is 0.277 e. The van der Waals surface area contributed by atoms with Gasteiger partial charge in [0.05, 0.1) is 16.9 Å². The zero-order valence-electron chi connectivity index (χ0n) is 11.8. The topological polar surface area (TPSA) is 34.9 Å². The summed E-state index contributed by atoms with van der Waals surface area (Å²) in [6.45, 7) is 0. The molecule has 0 aliphatic heterocycles. The monoisotopic (exact) mass is 316 g/mol. The molecule has 0 amide bonds. The quantitative estimate of drug-likeness (QED) is 0.718. The highest BCUT2D eigenvalue weighted by Gasteiger charge is 2.34. The number of nitrogens with zero attached hydrogens (tertiary/aromatic N) is 2. The van der Waals surface area contributed by atoms with Crippen LogP contribution in [0.4, 0.5) is 13.2 Å². The molecule has 1 aromatic carbocycles. The SMILES string of the molecule is O=c1cccc(-c2ccccc2C(F)(F)F)n1-c1ccncc1. The summed E-state index contributed by atoms with van der Waals surface area (Å²) in [5.41, 5.74) is -0.609. The maximum absolute atomic E-state index is 13.3. The first kappa shape index (κ1) is 15.0. The first-order valence-corrected chi connectivity index (χ1v) is 6.77. The maximum Gasteiger partial charge on any atom is 0.417 e. The first-order valence-electron chi connectivity index (χ1n) is 6.77. The average Bonchev–Trinajstić information content (AvgIpc) is 2.54. The highest BCUT2D eigenvalue weighted by atomic mass is 19.4. The fourth-order valence-electron chi connectivity index (χ4n) is 2.41. The molecular formula is C17H11F3N2O. The van der Waals surface area contributed by atoms with Crippen LogP contribution in [0.25, 0.3) is 16.9 Å². The van der Waals surface area contributed by atoms with Crippen LogP contribution in [-0.4, -0.2) is 9.55 Å². The van der Waals surface area contributed by atoms with E-state index in [0.717, 1.165) is 6.07 Å². The van der Waals surface area contributed by atoms with E-state index in [0.29, 0.717) is 5.69 Å². The van der Waals surface area contributed by atoms with E-state index in [1.807, 2.05) is 0 Å². The van der Waals surface area contributed by atoms with Crippen molar-refractivity contribution in [3.63, 3.8) is 0 Å². The van der Waals surface area contributed by atoms with Gasteiger partial charge in [-0.2, -0.15) is 13.2 Å². The highest BCUT2D eigenvalue weighted by Crippen LogP contribution is 2.36. The van der Waals surface area contributed by atoms with Crippen LogP contribution in [-0.2, 0) is 6.18 Å². The van der Waals surface area contributed by atoms with Gasteiger partial charge in [-0.1, -0.05) is 24.3 Å². The largest absolute Gasteiger partial charge is 0.417 e. The highest BCUT2D eigenvalue weighted by molar-refractivity contribution is 5.67. The number of alkyl halides is 3. The van der Waals surface area contributed by atoms with Crippen LogP contribution < -0.4 is 5.56 Å². The van der Waals surface area contributed by atoms with Gasteiger partial charge in [0.2, 0.25) is 0 Å². The number of hydrogen-bond acceptors (Lipinski definition) is 2. The predicted octanol–water partition coefficient (Wildman–Crippen LogP) is 3.92. The van der Waals surface area contributed by atoms with Gasteiger partial charge in [-0.25, -0.2) is 0 Å². The summed E-state index contributed by atoms with van der Waals surface area (Å²) in [7, 11) is 0. The van der Waals surface area contributed by atoms with Crippen LogP contribution in [0.2, 0.25) is 0 Å². The normalized spacial score (nSPS) is 11.4. The first-order chi connectivity index (χ1) is 11.0. The molecule has 0 aliphatic carbocycles. The molecule has 0 saturated carbocycles. The Bertz CT molecular complexity index is 886. The van der Waals surface area contributed by atoms with Crippen molar-refractivity contribution in [1.82, 2.24) is 9.55 Å². The van der Waals surface area contributed by atoms with Crippen molar-refractivity contribution in [2.75, 3.05) is 0 Å². The summed E-state index contributed by atoms with van der Waals surface area (Å²) < 4.78 is 41.1. The lowest BCUT2D eigenvalue weighted by Gasteiger charge is -2.17. The lowest BCUT2D eigenvalue weighted by atomic mass is 10.0. The molecule has 6 heteroatoms. The number of aromatic nitrogens is 2. The van der Waals surface area contributed by atoms with Gasteiger partial charge in [-0.3, -0.25) is 14.3 Å². The molecule has 23 heavy (non-hydrogen) atoms. The molecule has 3 aromatic rings. The van der Waals surface area contributed by atoms with Crippen LogP contribution >= 0.6 is 0 Å². The lowest BCUT2D eigenvalue weighted by molar-refractivity contribution is -0.137. The average molecular weight is 316 g/mol. The Balaban J connectivity index is 2.32. The second-order valence-electron chi connectivity index (χ2n) is 4.83. The van der Waals surface area contributed by atoms with Crippen molar-refractivity contribution in [1.29, 1.82) is 0 Å². The van der Waals surface area contributed by atoms with Gasteiger partial charge in [-0.15, -0.1) is 0 Å². The molecule has 0 bridgehead atoms. The van der Waals surface area contributed by atoms with E-state index in [1.54, 1.807) is 12.1 Å². The summed E-state index contributed by atoms with van der Waals surface area (Å²) in [5, 5.41) is 0. The number of halogens is 3. The van der Waals surface area contributed by atoms with Gasteiger partial charge in [0, 0.05) is 24.0 Å². The molecule has 116 valence electrons. The van der Waals surface area contributed by atoms with Crippen molar-refractivity contribution in [3.8, 4) is 16.9 Å². The van der Waals surface area contributed by atoms with Crippen molar-refractivity contribution < 1.29 is 13.2 Å². The van der Waals surface area contributed by atoms with E-state index in [1.165, 1.54) is 53.4 Å². The third-order valence-corrected chi connectivity index (χ3v) is 3.38. The second-order valence-corrected chi connectivity index (χ2v) is 4.83. The van der Waals surface area contributed by atoms with Gasteiger partial charge in [0.15, 0.2) is 0 Å². The van der Waals surface area contributed by atoms with E-state index in [2.05, 4.69) is 4.98 Å². The Labute approximate surface area is 129 Å². The number of benzene rings is 1. The van der Waals surface area contributed by atoms with Crippen molar-refractivity contribution in [3.05, 3.63) is 82.9 Å². The molecule has 3 nitrogen and oxygen atoms in total. The summed E-state index contributed by atoms with van der Waals surface area (Å²) in [6.07, 6.45) is -1.55. The van der Waals surface area contributed by atoms with Crippen molar-refractivity contribution >= 4 is 0 Å². The van der Waals surface area contributed by atoms with E-state index >= 15 is 0 Å². The Kier molecular flexibility index (Phi) is 3.73. The third-order valence-electron chi connectivity index (χ3n) is 3.38. The van der Waals surface area contributed by atoms with Crippen LogP contribution in [0.1, 0.15) is 5.56 Å². The van der Waals surface area contributed by atoms with E-state index < -0.39 is 17.3 Å². The lowest BCUT2D eigenvalue weighted by Crippen LogP contribution is -2.20. The van der Waals surface area contributed by atoms with Crippen LogP contribution in [0.5, 0.6) is 0 Å². The molecule has 0 saturated heterocycles. The summed E-state index contributed by atoms with van der Waals surface area (Å²) in [6, 6.07) is 12.6. The molecule has 0 unspecified atom stereocenters. The summed E-state index contributed by atoms with van der Waals surface area (Å²) in [5.74, 6) is 0. The Morgan fingerprint density at radius 3 is 2.26 bits per heavy atom. The minimum Gasteiger partial charge on any atom is -0.277 e. The van der Waals surface area contributed by atoms with Crippen LogP contribution in [0.15, 0.2) is 71.8 Å². The van der Waals surface area contributed by atoms with Gasteiger partial charge >= 0.3 is 6.18 Å². The molecule has 0 spiro atoms. The minimum absolute atomic E-state index is 0.0467. The summed E-state index contributed by atoms with van der Waals surface area (Å²) >= 11 is 0. The van der Waals surface area contributed by atoms with E-state index in [4.69, 9.17) is 0 Å². The molecule has 2 heterocycles. The van der Waals surface area contributed by atoms with E-state index in [9.17, 15) is 18.0 Å². The molecule has 0 radical (unpaired) electrons. The van der Waals surface area contributed by atoms with Gasteiger partial charge in [0.1, 0.15) is 0 Å². The Hall–Kier alpha value is -2.89. The molecular weight excluding hydrogens is 305 g/mol. The summed E-state index contributed by atoms with van der Waals surface area (Å²) in [4.78, 5) is 16.1. The number of hydrogen-bond donors (Lipinski definition) is 0. The van der Waals surface area contributed by atoms with Crippen LogP contribution in [0.3, 0.4) is 0 Å². The maximum atomic E-state index is 13.3. The zero-order valence-corrected chi connectivity index (χ0v) is 11.8. The van der Waals surface area contributed by atoms with Gasteiger partial charge in [0.25, 0.3) is 5.56 Å². The minimum atomic E-state index is -4.51. The molecule has 0 atom stereocenters. The fraction of sp³-hybridized carbons (Fsp3) is 0.0588. The van der Waals surface area contributed by atoms with Crippen LogP contribution in [0, 0.1) is 0 Å².